The van der Waals surface area contributed by atoms with Crippen molar-refractivity contribution in [2.24, 2.45) is 0 Å². The van der Waals surface area contributed by atoms with Crippen LogP contribution in [0.5, 0.6) is 0 Å². The van der Waals surface area contributed by atoms with E-state index in [-0.39, 0.29) is 18.5 Å². The van der Waals surface area contributed by atoms with Gasteiger partial charge in [0.25, 0.3) is 0 Å². The van der Waals surface area contributed by atoms with Crippen LogP contribution in [-0.2, 0) is 14.3 Å². The Labute approximate surface area is 126 Å². The molecule has 0 bridgehead atoms. The van der Waals surface area contributed by atoms with Crippen LogP contribution >= 0.6 is 0 Å². The van der Waals surface area contributed by atoms with Crippen LogP contribution in [-0.4, -0.2) is 60.8 Å². The Kier molecular flexibility index (Phi) is 9.01. The molecule has 1 amide bonds. The Hall–Kier alpha value is -1.14. The van der Waals surface area contributed by atoms with Gasteiger partial charge in [0.2, 0.25) is 5.91 Å². The van der Waals surface area contributed by atoms with Crippen molar-refractivity contribution in [3.63, 3.8) is 0 Å². The highest BCUT2D eigenvalue weighted by Gasteiger charge is 2.25. The summed E-state index contributed by atoms with van der Waals surface area (Å²) in [5.74, 6) is -0.204. The summed E-state index contributed by atoms with van der Waals surface area (Å²) in [6, 6.07) is 0.419. The van der Waals surface area contributed by atoms with Gasteiger partial charge in [-0.05, 0) is 45.6 Å². The van der Waals surface area contributed by atoms with Crippen molar-refractivity contribution >= 4 is 11.9 Å². The van der Waals surface area contributed by atoms with Crippen molar-refractivity contribution in [1.82, 2.24) is 10.2 Å². The number of hydrogen-bond donors (Lipinski definition) is 2. The standard InChI is InChI=1S/C15H28N2O4/c1-2-21-15(20)8-3-9-16-14(19)12-17-10-4-6-13(17)7-5-11-18/h13,18H,2-12H2,1H3,(H,16,19). The van der Waals surface area contributed by atoms with Gasteiger partial charge in [-0.15, -0.1) is 0 Å². The van der Waals surface area contributed by atoms with Gasteiger partial charge >= 0.3 is 5.97 Å². The average molecular weight is 300 g/mol. The molecule has 1 heterocycles. The number of likely N-dealkylation sites (tertiary alicyclic amines) is 1. The lowest BCUT2D eigenvalue weighted by atomic mass is 10.1. The minimum Gasteiger partial charge on any atom is -0.466 e. The number of nitrogens with one attached hydrogen (secondary N) is 1. The van der Waals surface area contributed by atoms with Crippen LogP contribution in [0.15, 0.2) is 0 Å². The van der Waals surface area contributed by atoms with Crippen LogP contribution in [0.3, 0.4) is 0 Å². The Morgan fingerprint density at radius 3 is 2.90 bits per heavy atom. The summed E-state index contributed by atoms with van der Waals surface area (Å²) in [4.78, 5) is 25.2. The maximum atomic E-state index is 11.9. The molecule has 0 aromatic heterocycles. The minimum atomic E-state index is -0.213. The van der Waals surface area contributed by atoms with E-state index in [1.807, 2.05) is 0 Å². The third-order valence-electron chi connectivity index (χ3n) is 3.73. The van der Waals surface area contributed by atoms with Gasteiger partial charge in [0.05, 0.1) is 13.2 Å². The molecule has 1 saturated heterocycles. The summed E-state index contributed by atoms with van der Waals surface area (Å²) in [6.45, 7) is 4.26. The van der Waals surface area contributed by atoms with Gasteiger partial charge in [0, 0.05) is 25.6 Å². The van der Waals surface area contributed by atoms with E-state index >= 15 is 0 Å². The summed E-state index contributed by atoms with van der Waals surface area (Å²) in [5, 5.41) is 11.7. The maximum Gasteiger partial charge on any atom is 0.305 e. The molecule has 1 aliphatic rings. The van der Waals surface area contributed by atoms with Crippen LogP contribution in [0.2, 0.25) is 0 Å². The molecule has 0 aromatic rings. The fraction of sp³-hybridized carbons (Fsp3) is 0.867. The van der Waals surface area contributed by atoms with Crippen LogP contribution in [0.25, 0.3) is 0 Å². The number of carbonyl (C=O) groups is 2. The minimum absolute atomic E-state index is 0.00903. The lowest BCUT2D eigenvalue weighted by Crippen LogP contribution is -2.40. The summed E-state index contributed by atoms with van der Waals surface area (Å²) in [5.41, 5.74) is 0. The molecule has 6 heteroatoms. The van der Waals surface area contributed by atoms with Crippen LogP contribution in [0.4, 0.5) is 0 Å². The first-order valence-electron chi connectivity index (χ1n) is 7.94. The second-order valence-electron chi connectivity index (χ2n) is 5.39. The number of amides is 1. The van der Waals surface area contributed by atoms with E-state index in [1.54, 1.807) is 6.92 Å². The van der Waals surface area contributed by atoms with Gasteiger partial charge in [-0.1, -0.05) is 0 Å². The van der Waals surface area contributed by atoms with E-state index in [1.165, 1.54) is 0 Å². The zero-order chi connectivity index (χ0) is 15.5. The fourth-order valence-corrected chi connectivity index (χ4v) is 2.69. The quantitative estimate of drug-likeness (QED) is 0.458. The predicted octanol–water partition coefficient (Wildman–Crippen LogP) is 0.683. The molecule has 0 saturated carbocycles. The van der Waals surface area contributed by atoms with Gasteiger partial charge in [0.1, 0.15) is 0 Å². The molecule has 1 rings (SSSR count). The number of esters is 1. The lowest BCUT2D eigenvalue weighted by molar-refractivity contribution is -0.143. The molecule has 21 heavy (non-hydrogen) atoms. The molecule has 0 radical (unpaired) electrons. The van der Waals surface area contributed by atoms with E-state index in [0.717, 1.165) is 32.2 Å². The predicted molar refractivity (Wildman–Crippen MR) is 79.8 cm³/mol. The molecule has 0 aromatic carbocycles. The molecule has 1 aliphatic heterocycles. The molecular formula is C15H28N2O4. The highest BCUT2D eigenvalue weighted by molar-refractivity contribution is 5.78. The summed E-state index contributed by atoms with van der Waals surface area (Å²) < 4.78 is 4.83. The maximum absolute atomic E-state index is 11.9. The number of nitrogens with zero attached hydrogens (tertiary/aromatic N) is 1. The molecule has 0 spiro atoms. The fourth-order valence-electron chi connectivity index (χ4n) is 2.69. The van der Waals surface area contributed by atoms with E-state index in [4.69, 9.17) is 9.84 Å². The van der Waals surface area contributed by atoms with Crippen LogP contribution in [0, 0.1) is 0 Å². The van der Waals surface area contributed by atoms with E-state index < -0.39 is 0 Å². The Balaban J connectivity index is 2.13. The summed E-state index contributed by atoms with van der Waals surface area (Å²) in [7, 11) is 0. The second-order valence-corrected chi connectivity index (χ2v) is 5.39. The summed E-state index contributed by atoms with van der Waals surface area (Å²) in [6.07, 6.45) is 4.92. The second kappa shape index (κ2) is 10.6. The largest absolute Gasteiger partial charge is 0.466 e. The highest BCUT2D eigenvalue weighted by atomic mass is 16.5. The third kappa shape index (κ3) is 7.43. The smallest absolute Gasteiger partial charge is 0.305 e. The number of hydrogen-bond acceptors (Lipinski definition) is 5. The molecular weight excluding hydrogens is 272 g/mol. The monoisotopic (exact) mass is 300 g/mol. The molecule has 1 atom stereocenters. The molecule has 2 N–H and O–H groups in total. The van der Waals surface area contributed by atoms with E-state index in [9.17, 15) is 9.59 Å². The average Bonchev–Trinajstić information content (AvgIpc) is 2.89. The van der Waals surface area contributed by atoms with Crippen LogP contribution in [0.1, 0.15) is 45.4 Å². The molecule has 122 valence electrons. The van der Waals surface area contributed by atoms with Crippen molar-refractivity contribution in [2.45, 2.75) is 51.5 Å². The van der Waals surface area contributed by atoms with Crippen molar-refractivity contribution in [3.05, 3.63) is 0 Å². The highest BCUT2D eigenvalue weighted by Crippen LogP contribution is 2.20. The number of ether oxygens (including phenoxy) is 1. The lowest BCUT2D eigenvalue weighted by Gasteiger charge is -2.23. The zero-order valence-electron chi connectivity index (χ0n) is 13.0. The number of rotatable bonds is 10. The Morgan fingerprint density at radius 2 is 2.19 bits per heavy atom. The van der Waals surface area contributed by atoms with Gasteiger partial charge in [-0.2, -0.15) is 0 Å². The molecule has 0 aliphatic carbocycles. The van der Waals surface area contributed by atoms with Gasteiger partial charge in [0.15, 0.2) is 0 Å². The van der Waals surface area contributed by atoms with E-state index in [0.29, 0.717) is 38.6 Å². The third-order valence-corrected chi connectivity index (χ3v) is 3.73. The number of carbonyl (C=O) groups excluding carboxylic acids is 2. The first kappa shape index (κ1) is 17.9. The molecule has 1 fully saturated rings. The normalized spacial score (nSPS) is 18.7. The number of aliphatic hydroxyl groups excluding tert-OH is 1. The van der Waals surface area contributed by atoms with Crippen molar-refractivity contribution in [2.75, 3.05) is 32.8 Å². The topological polar surface area (TPSA) is 78.9 Å². The molecule has 6 nitrogen and oxygen atoms in total. The first-order chi connectivity index (χ1) is 10.2. The van der Waals surface area contributed by atoms with Crippen molar-refractivity contribution in [3.8, 4) is 0 Å². The van der Waals surface area contributed by atoms with Gasteiger partial charge < -0.3 is 15.2 Å². The SMILES string of the molecule is CCOC(=O)CCCNC(=O)CN1CCCC1CCCO. The van der Waals surface area contributed by atoms with E-state index in [2.05, 4.69) is 10.2 Å². The van der Waals surface area contributed by atoms with Crippen molar-refractivity contribution in [1.29, 1.82) is 0 Å². The Bertz CT molecular complexity index is 323. The first-order valence-corrected chi connectivity index (χ1v) is 7.94. The van der Waals surface area contributed by atoms with Crippen molar-refractivity contribution < 1.29 is 19.4 Å². The zero-order valence-corrected chi connectivity index (χ0v) is 13.0. The Morgan fingerprint density at radius 1 is 1.38 bits per heavy atom. The summed E-state index contributed by atoms with van der Waals surface area (Å²) >= 11 is 0. The number of aliphatic hydroxyl groups is 1. The van der Waals surface area contributed by atoms with Gasteiger partial charge in [-0.25, -0.2) is 0 Å². The van der Waals surface area contributed by atoms with Gasteiger partial charge in [-0.3, -0.25) is 14.5 Å². The van der Waals surface area contributed by atoms with Crippen LogP contribution < -0.4 is 5.32 Å². The molecule has 1 unspecified atom stereocenters.